The fraction of sp³-hybridized carbons (Fsp3) is 0.292. The standard InChI is InChI=1S/C24H21F3N2O4/c25-24(26,27)18-4-2-1-3-15(18)20-16-5-6-19(30)33-22(16)23(21-17(20)7-13-31-21)32-14-12-29-10-8-28-9-11-29/h1-7,13,28H,8-12,14H2. The average molecular weight is 458 g/mol. The molecule has 1 aliphatic heterocycles. The van der Waals surface area contributed by atoms with E-state index in [-0.39, 0.29) is 28.0 Å². The molecule has 2 aromatic heterocycles. The molecule has 0 amide bonds. The number of fused-ring (bicyclic) bond motifs is 2. The van der Waals surface area contributed by atoms with Gasteiger partial charge in [-0.2, -0.15) is 13.2 Å². The van der Waals surface area contributed by atoms with E-state index in [1.54, 1.807) is 12.1 Å². The van der Waals surface area contributed by atoms with Crippen LogP contribution in [0.2, 0.25) is 0 Å². The van der Waals surface area contributed by atoms with E-state index in [1.165, 1.54) is 30.5 Å². The van der Waals surface area contributed by atoms with Crippen LogP contribution in [0.3, 0.4) is 0 Å². The predicted octanol–water partition coefficient (Wildman–Crippen LogP) is 4.51. The molecule has 4 aromatic rings. The number of piperazine rings is 1. The van der Waals surface area contributed by atoms with Crippen LogP contribution in [0.5, 0.6) is 5.75 Å². The quantitative estimate of drug-likeness (QED) is 0.444. The lowest BCUT2D eigenvalue weighted by molar-refractivity contribution is -0.137. The highest BCUT2D eigenvalue weighted by atomic mass is 19.4. The third kappa shape index (κ3) is 4.09. The van der Waals surface area contributed by atoms with Gasteiger partial charge in [-0.3, -0.25) is 4.90 Å². The lowest BCUT2D eigenvalue weighted by Gasteiger charge is -2.27. The van der Waals surface area contributed by atoms with Crippen molar-refractivity contribution in [2.75, 3.05) is 39.3 Å². The van der Waals surface area contributed by atoms with Gasteiger partial charge in [-0.05, 0) is 23.8 Å². The Morgan fingerprint density at radius 1 is 1.00 bits per heavy atom. The maximum Gasteiger partial charge on any atom is 0.417 e. The van der Waals surface area contributed by atoms with Gasteiger partial charge in [0.15, 0.2) is 11.2 Å². The number of halogens is 3. The number of rotatable bonds is 5. The van der Waals surface area contributed by atoms with Gasteiger partial charge in [0, 0.05) is 55.1 Å². The summed E-state index contributed by atoms with van der Waals surface area (Å²) in [6.07, 6.45) is -3.17. The highest BCUT2D eigenvalue weighted by Gasteiger charge is 2.35. The van der Waals surface area contributed by atoms with E-state index < -0.39 is 17.4 Å². The van der Waals surface area contributed by atoms with Gasteiger partial charge in [0.1, 0.15) is 6.61 Å². The van der Waals surface area contributed by atoms with Gasteiger partial charge in [-0.1, -0.05) is 18.2 Å². The summed E-state index contributed by atoms with van der Waals surface area (Å²) < 4.78 is 58.6. The van der Waals surface area contributed by atoms with Crippen LogP contribution >= 0.6 is 0 Å². The number of nitrogens with zero attached hydrogens (tertiary/aromatic N) is 1. The number of benzene rings is 2. The second kappa shape index (κ2) is 8.57. The van der Waals surface area contributed by atoms with Crippen LogP contribution in [-0.2, 0) is 6.18 Å². The van der Waals surface area contributed by atoms with Crippen molar-refractivity contribution in [3.63, 3.8) is 0 Å². The first-order valence-electron chi connectivity index (χ1n) is 10.6. The Kier molecular flexibility index (Phi) is 5.59. The minimum atomic E-state index is -4.56. The molecule has 5 rings (SSSR count). The van der Waals surface area contributed by atoms with E-state index in [0.717, 1.165) is 32.2 Å². The van der Waals surface area contributed by atoms with Crippen molar-refractivity contribution in [1.82, 2.24) is 10.2 Å². The second-order valence-corrected chi connectivity index (χ2v) is 7.85. The number of hydrogen-bond acceptors (Lipinski definition) is 6. The summed E-state index contributed by atoms with van der Waals surface area (Å²) in [6, 6.07) is 9.58. The Morgan fingerprint density at radius 2 is 1.76 bits per heavy atom. The number of hydrogen-bond donors (Lipinski definition) is 1. The fourth-order valence-electron chi connectivity index (χ4n) is 4.29. The molecule has 9 heteroatoms. The molecular weight excluding hydrogens is 437 g/mol. The van der Waals surface area contributed by atoms with Crippen LogP contribution in [0.25, 0.3) is 33.1 Å². The lowest BCUT2D eigenvalue weighted by atomic mass is 9.93. The van der Waals surface area contributed by atoms with Crippen molar-refractivity contribution in [2.24, 2.45) is 0 Å². The normalized spacial score (nSPS) is 15.4. The topological polar surface area (TPSA) is 67.8 Å². The van der Waals surface area contributed by atoms with Gasteiger partial charge in [-0.25, -0.2) is 4.79 Å². The highest BCUT2D eigenvalue weighted by molar-refractivity contribution is 6.14. The van der Waals surface area contributed by atoms with Gasteiger partial charge in [-0.15, -0.1) is 0 Å². The molecule has 6 nitrogen and oxygen atoms in total. The molecule has 1 fully saturated rings. The molecule has 0 bridgehead atoms. The molecule has 0 unspecified atom stereocenters. The number of ether oxygens (including phenoxy) is 1. The molecule has 2 aromatic carbocycles. The van der Waals surface area contributed by atoms with Crippen LogP contribution in [0.4, 0.5) is 13.2 Å². The summed E-state index contributed by atoms with van der Waals surface area (Å²) in [5.74, 6) is 0.214. The second-order valence-electron chi connectivity index (χ2n) is 7.85. The number of alkyl halides is 3. The van der Waals surface area contributed by atoms with Crippen molar-refractivity contribution in [3.8, 4) is 16.9 Å². The molecule has 0 atom stereocenters. The monoisotopic (exact) mass is 458 g/mol. The Labute approximate surface area is 186 Å². The molecule has 1 aliphatic rings. The molecule has 172 valence electrons. The molecule has 0 spiro atoms. The van der Waals surface area contributed by atoms with Gasteiger partial charge in [0.25, 0.3) is 0 Å². The average Bonchev–Trinajstić information content (AvgIpc) is 3.28. The summed E-state index contributed by atoms with van der Waals surface area (Å²) in [6.45, 7) is 4.54. The van der Waals surface area contributed by atoms with Gasteiger partial charge >= 0.3 is 11.8 Å². The first-order chi connectivity index (χ1) is 15.9. The zero-order chi connectivity index (χ0) is 23.0. The SMILES string of the molecule is O=c1ccc2c(-c3ccccc3C(F)(F)F)c3ccoc3c(OCCN3CCNCC3)c2o1. The minimum Gasteiger partial charge on any atom is -0.485 e. The van der Waals surface area contributed by atoms with Gasteiger partial charge < -0.3 is 18.9 Å². The van der Waals surface area contributed by atoms with Crippen molar-refractivity contribution in [2.45, 2.75) is 6.18 Å². The number of nitrogens with one attached hydrogen (secondary N) is 1. The first kappa shape index (κ1) is 21.5. The summed E-state index contributed by atoms with van der Waals surface area (Å²) in [5.41, 5.74) is -0.855. The molecule has 1 N–H and O–H groups in total. The Balaban J connectivity index is 1.66. The molecule has 3 heterocycles. The van der Waals surface area contributed by atoms with E-state index >= 15 is 0 Å². The summed E-state index contributed by atoms with van der Waals surface area (Å²) >= 11 is 0. The Hall–Kier alpha value is -3.30. The van der Waals surface area contributed by atoms with E-state index in [9.17, 15) is 18.0 Å². The summed E-state index contributed by atoms with van der Waals surface area (Å²) in [5, 5.41) is 4.08. The third-order valence-electron chi connectivity index (χ3n) is 5.82. The zero-order valence-electron chi connectivity index (χ0n) is 17.6. The van der Waals surface area contributed by atoms with Crippen molar-refractivity contribution in [3.05, 3.63) is 64.7 Å². The molecule has 33 heavy (non-hydrogen) atoms. The Morgan fingerprint density at radius 3 is 2.55 bits per heavy atom. The number of furan rings is 1. The van der Waals surface area contributed by atoms with Crippen LogP contribution in [-0.4, -0.2) is 44.2 Å². The van der Waals surface area contributed by atoms with Gasteiger partial charge in [0.05, 0.1) is 11.8 Å². The first-order valence-corrected chi connectivity index (χ1v) is 10.6. The predicted molar refractivity (Wildman–Crippen MR) is 117 cm³/mol. The molecule has 0 saturated carbocycles. The molecule has 0 aliphatic carbocycles. The summed E-state index contributed by atoms with van der Waals surface area (Å²) in [7, 11) is 0. The van der Waals surface area contributed by atoms with E-state index in [0.29, 0.717) is 23.9 Å². The smallest absolute Gasteiger partial charge is 0.417 e. The maximum absolute atomic E-state index is 13.8. The van der Waals surface area contributed by atoms with E-state index in [2.05, 4.69) is 10.2 Å². The highest BCUT2D eigenvalue weighted by Crippen LogP contribution is 2.46. The maximum atomic E-state index is 13.8. The van der Waals surface area contributed by atoms with Gasteiger partial charge in [0.2, 0.25) is 5.75 Å². The summed E-state index contributed by atoms with van der Waals surface area (Å²) in [4.78, 5) is 14.3. The van der Waals surface area contributed by atoms with Crippen molar-refractivity contribution >= 4 is 21.9 Å². The zero-order valence-corrected chi connectivity index (χ0v) is 17.6. The van der Waals surface area contributed by atoms with E-state index in [4.69, 9.17) is 13.6 Å². The van der Waals surface area contributed by atoms with E-state index in [1.807, 2.05) is 0 Å². The van der Waals surface area contributed by atoms with Crippen LogP contribution in [0.15, 0.2) is 62.4 Å². The van der Waals surface area contributed by atoms with Crippen LogP contribution in [0.1, 0.15) is 5.56 Å². The minimum absolute atomic E-state index is 0.0254. The Bertz CT molecular complexity index is 1350. The van der Waals surface area contributed by atoms with Crippen LogP contribution < -0.4 is 15.7 Å². The lowest BCUT2D eigenvalue weighted by Crippen LogP contribution is -2.44. The molecular formula is C24H21F3N2O4. The third-order valence-corrected chi connectivity index (χ3v) is 5.82. The fourth-order valence-corrected chi connectivity index (χ4v) is 4.29. The van der Waals surface area contributed by atoms with Crippen molar-refractivity contribution < 1.29 is 26.7 Å². The molecule has 1 saturated heterocycles. The largest absolute Gasteiger partial charge is 0.485 e. The molecule has 0 radical (unpaired) electrons. The van der Waals surface area contributed by atoms with Crippen molar-refractivity contribution in [1.29, 1.82) is 0 Å². The van der Waals surface area contributed by atoms with Crippen LogP contribution in [0, 0.1) is 0 Å².